The predicted octanol–water partition coefficient (Wildman–Crippen LogP) is 4.75. The Labute approximate surface area is 168 Å². The van der Waals surface area contributed by atoms with E-state index in [0.717, 1.165) is 29.9 Å². The number of hydrogen-bond acceptors (Lipinski definition) is 4. The molecule has 0 aliphatic carbocycles. The van der Waals surface area contributed by atoms with Crippen molar-refractivity contribution in [3.63, 3.8) is 0 Å². The minimum atomic E-state index is -0.103. The Hall–Kier alpha value is -2.11. The molecule has 0 unspecified atom stereocenters. The van der Waals surface area contributed by atoms with E-state index < -0.39 is 0 Å². The van der Waals surface area contributed by atoms with Gasteiger partial charge in [0.15, 0.2) is 6.61 Å². The fourth-order valence-corrected chi connectivity index (χ4v) is 3.77. The van der Waals surface area contributed by atoms with Gasteiger partial charge in [0.25, 0.3) is 5.91 Å². The molecule has 3 rings (SSSR count). The van der Waals surface area contributed by atoms with Gasteiger partial charge in [0, 0.05) is 17.1 Å². The molecule has 1 saturated heterocycles. The number of methoxy groups -OCH3 is 2. The van der Waals surface area contributed by atoms with Crippen LogP contribution in [0.25, 0.3) is 0 Å². The summed E-state index contributed by atoms with van der Waals surface area (Å²) in [6, 6.07) is 10.5. The number of halogens is 2. The van der Waals surface area contributed by atoms with Gasteiger partial charge in [-0.05, 0) is 49.2 Å². The molecule has 1 fully saturated rings. The smallest absolute Gasteiger partial charge is 0.261 e. The molecule has 1 atom stereocenters. The molecule has 0 radical (unpaired) electrons. The van der Waals surface area contributed by atoms with Crippen LogP contribution in [0.4, 0.5) is 0 Å². The molecule has 1 aliphatic heterocycles. The van der Waals surface area contributed by atoms with Gasteiger partial charge < -0.3 is 19.1 Å². The van der Waals surface area contributed by atoms with Gasteiger partial charge in [-0.1, -0.05) is 23.2 Å². The first-order valence-electron chi connectivity index (χ1n) is 8.62. The fourth-order valence-electron chi connectivity index (χ4n) is 3.30. The quantitative estimate of drug-likeness (QED) is 0.690. The van der Waals surface area contributed by atoms with Crippen LogP contribution in [0, 0.1) is 0 Å². The van der Waals surface area contributed by atoms with Crippen molar-refractivity contribution in [3.05, 3.63) is 52.0 Å². The van der Waals surface area contributed by atoms with Gasteiger partial charge in [0.2, 0.25) is 0 Å². The molecule has 7 heteroatoms. The summed E-state index contributed by atoms with van der Waals surface area (Å²) in [5.41, 5.74) is 0.937. The van der Waals surface area contributed by atoms with Gasteiger partial charge in [-0.2, -0.15) is 0 Å². The van der Waals surface area contributed by atoms with E-state index in [4.69, 9.17) is 37.4 Å². The van der Waals surface area contributed by atoms with Crippen LogP contribution >= 0.6 is 23.2 Å². The number of carbonyl (C=O) groups excluding carboxylic acids is 1. The molecule has 2 aromatic carbocycles. The zero-order valence-electron chi connectivity index (χ0n) is 15.2. The molecule has 2 aromatic rings. The van der Waals surface area contributed by atoms with Crippen LogP contribution in [-0.4, -0.2) is 38.2 Å². The second-order valence-electron chi connectivity index (χ2n) is 6.22. The summed E-state index contributed by atoms with van der Waals surface area (Å²) >= 11 is 12.0. The highest BCUT2D eigenvalue weighted by Gasteiger charge is 2.32. The maximum Gasteiger partial charge on any atom is 0.261 e. The molecule has 1 amide bonds. The Balaban J connectivity index is 1.75. The van der Waals surface area contributed by atoms with Crippen molar-refractivity contribution in [2.45, 2.75) is 18.9 Å². The molecular weight excluding hydrogens is 389 g/mol. The minimum Gasteiger partial charge on any atom is -0.497 e. The number of likely N-dealkylation sites (tertiary alicyclic amines) is 1. The first-order valence-corrected chi connectivity index (χ1v) is 9.38. The van der Waals surface area contributed by atoms with Crippen LogP contribution < -0.4 is 14.2 Å². The lowest BCUT2D eigenvalue weighted by molar-refractivity contribution is -0.134. The number of carbonyl (C=O) groups is 1. The van der Waals surface area contributed by atoms with Crippen LogP contribution in [0.3, 0.4) is 0 Å². The van der Waals surface area contributed by atoms with E-state index in [0.29, 0.717) is 22.3 Å². The van der Waals surface area contributed by atoms with Crippen LogP contribution in [-0.2, 0) is 4.79 Å². The molecular formula is C20H21Cl2NO4. The average molecular weight is 410 g/mol. The average Bonchev–Trinajstić information content (AvgIpc) is 3.16. The molecule has 1 aliphatic rings. The molecule has 1 heterocycles. The Morgan fingerprint density at radius 1 is 1.11 bits per heavy atom. The van der Waals surface area contributed by atoms with Gasteiger partial charge in [-0.3, -0.25) is 4.79 Å². The summed E-state index contributed by atoms with van der Waals surface area (Å²) in [4.78, 5) is 14.6. The van der Waals surface area contributed by atoms with Crippen molar-refractivity contribution >= 4 is 29.1 Å². The third-order valence-electron chi connectivity index (χ3n) is 4.61. The minimum absolute atomic E-state index is 0.0770. The molecule has 0 bridgehead atoms. The van der Waals surface area contributed by atoms with Crippen molar-refractivity contribution < 1.29 is 19.0 Å². The Morgan fingerprint density at radius 2 is 1.89 bits per heavy atom. The maximum absolute atomic E-state index is 12.8. The predicted molar refractivity (Wildman–Crippen MR) is 105 cm³/mol. The molecule has 0 saturated carbocycles. The monoisotopic (exact) mass is 409 g/mol. The maximum atomic E-state index is 12.8. The van der Waals surface area contributed by atoms with E-state index in [1.165, 1.54) is 0 Å². The molecule has 5 nitrogen and oxygen atoms in total. The van der Waals surface area contributed by atoms with Crippen molar-refractivity contribution in [1.82, 2.24) is 4.90 Å². The molecule has 27 heavy (non-hydrogen) atoms. The topological polar surface area (TPSA) is 48.0 Å². The second kappa shape index (κ2) is 8.72. The lowest BCUT2D eigenvalue weighted by atomic mass is 10.0. The first kappa shape index (κ1) is 19.6. The number of nitrogens with zero attached hydrogens (tertiary/aromatic N) is 1. The molecule has 144 valence electrons. The van der Waals surface area contributed by atoms with Crippen LogP contribution in [0.2, 0.25) is 10.0 Å². The van der Waals surface area contributed by atoms with Gasteiger partial charge in [-0.25, -0.2) is 0 Å². The van der Waals surface area contributed by atoms with Crippen LogP contribution in [0.1, 0.15) is 24.4 Å². The van der Waals surface area contributed by atoms with Crippen molar-refractivity contribution in [2.75, 3.05) is 27.4 Å². The zero-order chi connectivity index (χ0) is 19.4. The summed E-state index contributed by atoms with van der Waals surface area (Å²) in [5, 5.41) is 0.895. The number of ether oxygens (including phenoxy) is 3. The molecule has 0 spiro atoms. The number of benzene rings is 2. The Kier molecular flexibility index (Phi) is 6.34. The summed E-state index contributed by atoms with van der Waals surface area (Å²) < 4.78 is 16.4. The lowest BCUT2D eigenvalue weighted by Gasteiger charge is -2.26. The van der Waals surface area contributed by atoms with Gasteiger partial charge >= 0.3 is 0 Å². The highest BCUT2D eigenvalue weighted by molar-refractivity contribution is 6.35. The third-order valence-corrected chi connectivity index (χ3v) is 5.14. The van der Waals surface area contributed by atoms with E-state index in [9.17, 15) is 4.79 Å². The van der Waals surface area contributed by atoms with Crippen molar-refractivity contribution in [1.29, 1.82) is 0 Å². The van der Waals surface area contributed by atoms with E-state index >= 15 is 0 Å². The normalized spacial score (nSPS) is 16.3. The molecule has 0 aromatic heterocycles. The summed E-state index contributed by atoms with van der Waals surface area (Å²) in [7, 11) is 3.24. The van der Waals surface area contributed by atoms with E-state index in [2.05, 4.69) is 0 Å². The lowest BCUT2D eigenvalue weighted by Crippen LogP contribution is -2.34. The largest absolute Gasteiger partial charge is 0.497 e. The van der Waals surface area contributed by atoms with E-state index in [1.807, 2.05) is 23.1 Å². The zero-order valence-corrected chi connectivity index (χ0v) is 16.7. The Morgan fingerprint density at radius 3 is 2.59 bits per heavy atom. The summed E-state index contributed by atoms with van der Waals surface area (Å²) in [5.74, 6) is 1.80. The van der Waals surface area contributed by atoms with Crippen molar-refractivity contribution in [3.8, 4) is 17.2 Å². The van der Waals surface area contributed by atoms with Crippen LogP contribution in [0.5, 0.6) is 17.2 Å². The fraction of sp³-hybridized carbons (Fsp3) is 0.350. The second-order valence-corrected chi connectivity index (χ2v) is 7.06. The number of amides is 1. The summed E-state index contributed by atoms with van der Waals surface area (Å²) in [6.45, 7) is 0.575. The van der Waals surface area contributed by atoms with Gasteiger partial charge in [0.05, 0.1) is 25.3 Å². The van der Waals surface area contributed by atoms with Crippen molar-refractivity contribution in [2.24, 2.45) is 0 Å². The Bertz CT molecular complexity index is 828. The SMILES string of the molecule is COc1ccc(OC)c([C@@H]2CCCN2C(=O)COc2ccc(Cl)cc2Cl)c1. The van der Waals surface area contributed by atoms with Crippen LogP contribution in [0.15, 0.2) is 36.4 Å². The van der Waals surface area contributed by atoms with Gasteiger partial charge in [0.1, 0.15) is 17.2 Å². The standard InChI is InChI=1S/C20H21Cl2NO4/c1-25-14-6-8-18(26-2)15(11-14)17-4-3-9-23(17)20(24)12-27-19-7-5-13(21)10-16(19)22/h5-8,10-11,17H,3-4,9,12H2,1-2H3/t17-/m0/s1. The number of hydrogen-bond donors (Lipinski definition) is 0. The van der Waals surface area contributed by atoms with Gasteiger partial charge in [-0.15, -0.1) is 0 Å². The highest BCUT2D eigenvalue weighted by Crippen LogP contribution is 2.39. The first-order chi connectivity index (χ1) is 13.0. The third kappa shape index (κ3) is 4.42. The summed E-state index contributed by atoms with van der Waals surface area (Å²) in [6.07, 6.45) is 1.77. The van der Waals surface area contributed by atoms with E-state index in [1.54, 1.807) is 32.4 Å². The highest BCUT2D eigenvalue weighted by atomic mass is 35.5. The number of rotatable bonds is 6. The molecule has 0 N–H and O–H groups in total. The van der Waals surface area contributed by atoms with E-state index in [-0.39, 0.29) is 18.6 Å².